The Morgan fingerprint density at radius 3 is 2.84 bits per heavy atom. The molecular weight excluding hydrogens is 324 g/mol. The third kappa shape index (κ3) is 3.18. The van der Waals surface area contributed by atoms with Crippen LogP contribution in [0.3, 0.4) is 0 Å². The number of nitrogens with one attached hydrogen (secondary N) is 1. The Hall–Kier alpha value is -3.29. The molecule has 130 valence electrons. The quantitative estimate of drug-likeness (QED) is 0.286. The number of nitrogens with two attached hydrogens (primary N) is 1. The van der Waals surface area contributed by atoms with E-state index in [9.17, 15) is 0 Å². The normalized spacial score (nSPS) is 22.6. The van der Waals surface area contributed by atoms with E-state index in [0.717, 1.165) is 18.6 Å². The summed E-state index contributed by atoms with van der Waals surface area (Å²) in [6, 6.07) is 8.16. The van der Waals surface area contributed by atoms with Crippen LogP contribution in [0, 0.1) is 15.5 Å². The molecule has 0 saturated heterocycles. The summed E-state index contributed by atoms with van der Waals surface area (Å²) in [6.07, 6.45) is 10.0. The van der Waals surface area contributed by atoms with Gasteiger partial charge in [-0.3, -0.25) is 5.41 Å². The Bertz CT molecular complexity index is 784. The van der Waals surface area contributed by atoms with Crippen molar-refractivity contribution in [3.63, 3.8) is 0 Å². The minimum atomic E-state index is -1.50. The number of hydrogen-bond acceptors (Lipinski definition) is 4. The first-order chi connectivity index (χ1) is 11.9. The molecule has 2 aliphatic heterocycles. The monoisotopic (exact) mass is 342 g/mol. The van der Waals surface area contributed by atoms with Crippen LogP contribution in [0.15, 0.2) is 59.8 Å². The third-order valence-corrected chi connectivity index (χ3v) is 4.37. The number of nitrogens with zero attached hydrogens (tertiary/aromatic N) is 2. The number of allylic oxidation sites excluding steroid dienone is 3. The van der Waals surface area contributed by atoms with Crippen molar-refractivity contribution in [3.8, 4) is 5.75 Å². The number of benzene rings is 1. The zero-order valence-corrected chi connectivity index (χ0v) is 13.4. The lowest BCUT2D eigenvalue weighted by Gasteiger charge is -2.41. The standard InChI is InChI=1S/C17H17N3O.HNO3/c18-16(19)20-10-13-6-1-3-7-14(13)17(11-20)9-12-5-2-4-8-15(12)21-17;2-1(3)4/h1-5,7-8,10H,6,9,11H2,(H3,18,19);(H,2,3,4). The molecule has 4 N–H and O–H groups in total. The first-order valence-corrected chi connectivity index (χ1v) is 7.70. The molecule has 25 heavy (non-hydrogen) atoms. The van der Waals surface area contributed by atoms with Crippen molar-refractivity contribution >= 4 is 5.96 Å². The lowest BCUT2D eigenvalue weighted by atomic mass is 9.79. The molecule has 2 heterocycles. The number of para-hydroxylation sites is 1. The van der Waals surface area contributed by atoms with Gasteiger partial charge in [0.05, 0.1) is 6.54 Å². The van der Waals surface area contributed by atoms with Crippen LogP contribution in [0.1, 0.15) is 12.0 Å². The van der Waals surface area contributed by atoms with Gasteiger partial charge in [0.25, 0.3) is 5.09 Å². The lowest BCUT2D eigenvalue weighted by Crippen LogP contribution is -2.53. The van der Waals surface area contributed by atoms with Gasteiger partial charge in [-0.25, -0.2) is 0 Å². The first kappa shape index (κ1) is 16.6. The van der Waals surface area contributed by atoms with Gasteiger partial charge in [-0.05, 0) is 23.6 Å². The highest BCUT2D eigenvalue weighted by Gasteiger charge is 2.47. The molecule has 1 atom stereocenters. The van der Waals surface area contributed by atoms with Gasteiger partial charge in [-0.2, -0.15) is 0 Å². The van der Waals surface area contributed by atoms with Gasteiger partial charge < -0.3 is 20.6 Å². The fraction of sp³-hybridized carbons (Fsp3) is 0.235. The topological polar surface area (TPSA) is 126 Å². The van der Waals surface area contributed by atoms with Crippen molar-refractivity contribution in [2.24, 2.45) is 5.73 Å². The van der Waals surface area contributed by atoms with Crippen molar-refractivity contribution in [1.29, 1.82) is 5.41 Å². The molecule has 8 nitrogen and oxygen atoms in total. The largest absolute Gasteiger partial charge is 0.480 e. The lowest BCUT2D eigenvalue weighted by molar-refractivity contribution is -0.742. The molecule has 1 spiro atoms. The predicted molar refractivity (Wildman–Crippen MR) is 90.8 cm³/mol. The maximum absolute atomic E-state index is 8.36. The molecule has 1 aliphatic carbocycles. The predicted octanol–water partition coefficient (Wildman–Crippen LogP) is 1.99. The van der Waals surface area contributed by atoms with E-state index in [4.69, 9.17) is 31.2 Å². The summed E-state index contributed by atoms with van der Waals surface area (Å²) in [5.74, 6) is 1.01. The van der Waals surface area contributed by atoms with Gasteiger partial charge in [-0.1, -0.05) is 36.4 Å². The van der Waals surface area contributed by atoms with E-state index in [2.05, 4.69) is 24.3 Å². The molecule has 1 unspecified atom stereocenters. The minimum absolute atomic E-state index is 0.0648. The van der Waals surface area contributed by atoms with Crippen LogP contribution in [0.25, 0.3) is 0 Å². The summed E-state index contributed by atoms with van der Waals surface area (Å²) in [4.78, 5) is 10.2. The Morgan fingerprint density at radius 1 is 1.44 bits per heavy atom. The van der Waals surface area contributed by atoms with Crippen molar-refractivity contribution in [2.75, 3.05) is 6.54 Å². The van der Waals surface area contributed by atoms with E-state index in [0.29, 0.717) is 6.54 Å². The maximum Gasteiger partial charge on any atom is 0.291 e. The van der Waals surface area contributed by atoms with Crippen molar-refractivity contribution < 1.29 is 15.0 Å². The summed E-state index contributed by atoms with van der Waals surface area (Å²) in [5, 5.41) is 21.4. The van der Waals surface area contributed by atoms with Crippen LogP contribution in [0.4, 0.5) is 0 Å². The van der Waals surface area contributed by atoms with Crippen molar-refractivity contribution in [2.45, 2.75) is 18.4 Å². The second-order valence-electron chi connectivity index (χ2n) is 6.00. The summed E-state index contributed by atoms with van der Waals surface area (Å²) in [6.45, 7) is 0.584. The highest BCUT2D eigenvalue weighted by molar-refractivity contribution is 5.77. The van der Waals surface area contributed by atoms with E-state index < -0.39 is 10.7 Å². The molecule has 1 aromatic rings. The van der Waals surface area contributed by atoms with Gasteiger partial charge in [0.1, 0.15) is 5.75 Å². The van der Waals surface area contributed by atoms with E-state index in [1.54, 1.807) is 4.90 Å². The second kappa shape index (κ2) is 6.31. The highest BCUT2D eigenvalue weighted by atomic mass is 16.9. The molecule has 0 saturated carbocycles. The van der Waals surface area contributed by atoms with Crippen molar-refractivity contribution in [1.82, 2.24) is 4.90 Å². The Kier molecular flexibility index (Phi) is 4.18. The number of rotatable bonds is 0. The van der Waals surface area contributed by atoms with Crippen LogP contribution < -0.4 is 10.5 Å². The summed E-state index contributed by atoms with van der Waals surface area (Å²) >= 11 is 0. The number of fused-ring (bicyclic) bond motifs is 3. The Labute approximate surface area is 144 Å². The summed E-state index contributed by atoms with van der Waals surface area (Å²) in [7, 11) is 0. The van der Waals surface area contributed by atoms with E-state index >= 15 is 0 Å². The van der Waals surface area contributed by atoms with Crippen LogP contribution in [0.5, 0.6) is 5.75 Å². The van der Waals surface area contributed by atoms with Gasteiger partial charge in [0.2, 0.25) is 0 Å². The van der Waals surface area contributed by atoms with Crippen LogP contribution in [-0.4, -0.2) is 33.3 Å². The summed E-state index contributed by atoms with van der Waals surface area (Å²) < 4.78 is 6.35. The van der Waals surface area contributed by atoms with Gasteiger partial charge in [0, 0.05) is 18.2 Å². The van der Waals surface area contributed by atoms with Crippen LogP contribution in [-0.2, 0) is 6.42 Å². The molecule has 1 aromatic carbocycles. The second-order valence-corrected chi connectivity index (χ2v) is 6.00. The van der Waals surface area contributed by atoms with E-state index in [-0.39, 0.29) is 5.96 Å². The molecule has 8 heteroatoms. The van der Waals surface area contributed by atoms with Gasteiger partial charge in [-0.15, -0.1) is 10.1 Å². The minimum Gasteiger partial charge on any atom is -0.480 e. The number of ether oxygens (including phenoxy) is 1. The maximum atomic E-state index is 8.36. The van der Waals surface area contributed by atoms with Gasteiger partial charge in [0.15, 0.2) is 11.6 Å². The van der Waals surface area contributed by atoms with Crippen molar-refractivity contribution in [3.05, 3.63) is 75.5 Å². The first-order valence-electron chi connectivity index (χ1n) is 7.70. The molecule has 0 aromatic heterocycles. The molecule has 4 rings (SSSR count). The fourth-order valence-corrected chi connectivity index (χ4v) is 3.43. The zero-order valence-electron chi connectivity index (χ0n) is 13.4. The molecule has 0 amide bonds. The molecule has 3 aliphatic rings. The summed E-state index contributed by atoms with van der Waals surface area (Å²) in [5.41, 5.74) is 8.92. The SMILES string of the molecule is N=C(N)N1C=C2CC=CC=C2C2(Cc3ccccc3O2)C1.O=[N+]([O-])O. The smallest absolute Gasteiger partial charge is 0.291 e. The van der Waals surface area contributed by atoms with Crippen LogP contribution in [0.2, 0.25) is 0 Å². The Morgan fingerprint density at radius 2 is 2.16 bits per heavy atom. The average molecular weight is 342 g/mol. The highest BCUT2D eigenvalue weighted by Crippen LogP contribution is 2.45. The molecule has 0 radical (unpaired) electrons. The molecule has 0 bridgehead atoms. The zero-order chi connectivity index (χ0) is 18.0. The Balaban J connectivity index is 0.000000415. The van der Waals surface area contributed by atoms with E-state index in [1.807, 2.05) is 24.4 Å². The average Bonchev–Trinajstić information content (AvgIpc) is 2.92. The molecular formula is C17H18N4O4. The number of guanidine groups is 1. The van der Waals surface area contributed by atoms with Gasteiger partial charge >= 0.3 is 0 Å². The number of hydrogen-bond donors (Lipinski definition) is 3. The fourth-order valence-electron chi connectivity index (χ4n) is 3.43. The van der Waals surface area contributed by atoms with E-state index in [1.165, 1.54) is 16.7 Å². The van der Waals surface area contributed by atoms with Crippen LogP contribution >= 0.6 is 0 Å². The molecule has 0 fully saturated rings. The third-order valence-electron chi connectivity index (χ3n) is 4.37.